The fourth-order valence-electron chi connectivity index (χ4n) is 4.10. The Bertz CT molecular complexity index is 1090. The van der Waals surface area contributed by atoms with E-state index in [4.69, 9.17) is 9.72 Å². The molecule has 3 aromatic rings. The minimum absolute atomic E-state index is 0.236. The standard InChI is InChI=1S/C26H36N6O2/c1-5-6-7-13-31-14-12-20-19-27-24(29-23(20)31)28-21-8-10-22(11-9-21)30-15-17-32(18-16-30)25(33)34-26(2,3)4/h8-12,14,19H,5-7,13,15-18H2,1-4H3,(H,27,28,29). The van der Waals surface area contributed by atoms with E-state index in [0.29, 0.717) is 19.0 Å². The predicted molar refractivity (Wildman–Crippen MR) is 137 cm³/mol. The number of benzene rings is 1. The van der Waals surface area contributed by atoms with E-state index in [1.165, 1.54) is 12.8 Å². The molecule has 0 unspecified atom stereocenters. The summed E-state index contributed by atoms with van der Waals surface area (Å²) in [7, 11) is 0. The first-order valence-corrected chi connectivity index (χ1v) is 12.2. The number of aryl methyl sites for hydroxylation is 1. The van der Waals surface area contributed by atoms with Crippen LogP contribution in [0.3, 0.4) is 0 Å². The third kappa shape index (κ3) is 5.98. The summed E-state index contributed by atoms with van der Waals surface area (Å²) < 4.78 is 7.70. The van der Waals surface area contributed by atoms with Gasteiger partial charge in [0.05, 0.1) is 0 Å². The van der Waals surface area contributed by atoms with Gasteiger partial charge in [0.1, 0.15) is 11.2 Å². The monoisotopic (exact) mass is 464 g/mol. The van der Waals surface area contributed by atoms with Crippen LogP contribution in [0.15, 0.2) is 42.7 Å². The lowest BCUT2D eigenvalue weighted by atomic mass is 10.2. The molecule has 2 aromatic heterocycles. The topological polar surface area (TPSA) is 75.5 Å². The maximum atomic E-state index is 12.3. The maximum Gasteiger partial charge on any atom is 0.410 e. The Morgan fingerprint density at radius 3 is 2.47 bits per heavy atom. The van der Waals surface area contributed by atoms with E-state index in [-0.39, 0.29) is 6.09 Å². The molecule has 0 aliphatic carbocycles. The van der Waals surface area contributed by atoms with Crippen LogP contribution in [0.2, 0.25) is 0 Å². The van der Waals surface area contributed by atoms with E-state index >= 15 is 0 Å². The quantitative estimate of drug-likeness (QED) is 0.471. The third-order valence-corrected chi connectivity index (χ3v) is 5.92. The minimum Gasteiger partial charge on any atom is -0.444 e. The number of unbranched alkanes of at least 4 members (excludes halogenated alkanes) is 2. The summed E-state index contributed by atoms with van der Waals surface area (Å²) in [5.41, 5.74) is 2.58. The lowest BCUT2D eigenvalue weighted by molar-refractivity contribution is 0.0240. The molecule has 1 aliphatic heterocycles. The minimum atomic E-state index is -0.469. The van der Waals surface area contributed by atoms with E-state index < -0.39 is 5.60 Å². The van der Waals surface area contributed by atoms with Gasteiger partial charge >= 0.3 is 6.09 Å². The molecule has 0 bridgehead atoms. The molecule has 1 amide bonds. The first-order valence-electron chi connectivity index (χ1n) is 12.2. The highest BCUT2D eigenvalue weighted by atomic mass is 16.6. The Morgan fingerprint density at radius 1 is 1.06 bits per heavy atom. The van der Waals surface area contributed by atoms with Crippen LogP contribution in [-0.2, 0) is 11.3 Å². The van der Waals surface area contributed by atoms with Gasteiger partial charge < -0.3 is 24.4 Å². The van der Waals surface area contributed by atoms with Gasteiger partial charge in [-0.05, 0) is 57.5 Å². The molecular weight excluding hydrogens is 428 g/mol. The van der Waals surface area contributed by atoms with Gasteiger partial charge in [0.2, 0.25) is 5.95 Å². The number of nitrogens with zero attached hydrogens (tertiary/aromatic N) is 5. The van der Waals surface area contributed by atoms with Crippen LogP contribution in [0.1, 0.15) is 47.0 Å². The second-order valence-corrected chi connectivity index (χ2v) is 9.82. The van der Waals surface area contributed by atoms with Crippen LogP contribution in [0.25, 0.3) is 11.0 Å². The van der Waals surface area contributed by atoms with Crippen molar-refractivity contribution in [2.45, 2.75) is 59.1 Å². The number of piperazine rings is 1. The van der Waals surface area contributed by atoms with Crippen LogP contribution in [0.5, 0.6) is 0 Å². The van der Waals surface area contributed by atoms with Crippen molar-refractivity contribution in [2.75, 3.05) is 36.4 Å². The van der Waals surface area contributed by atoms with Gasteiger partial charge in [-0.3, -0.25) is 0 Å². The van der Waals surface area contributed by atoms with Crippen LogP contribution in [0, 0.1) is 0 Å². The normalized spacial score (nSPS) is 14.5. The summed E-state index contributed by atoms with van der Waals surface area (Å²) in [5, 5.41) is 4.39. The molecule has 0 spiro atoms. The van der Waals surface area contributed by atoms with E-state index in [1.54, 1.807) is 4.90 Å². The number of hydrogen-bond donors (Lipinski definition) is 1. The zero-order valence-electron chi connectivity index (χ0n) is 20.8. The number of fused-ring (bicyclic) bond motifs is 1. The van der Waals surface area contributed by atoms with Crippen LogP contribution < -0.4 is 10.2 Å². The molecule has 1 N–H and O–H groups in total. The van der Waals surface area contributed by atoms with Gasteiger partial charge in [0.25, 0.3) is 0 Å². The summed E-state index contributed by atoms with van der Waals surface area (Å²) in [5.74, 6) is 0.599. The molecule has 1 aromatic carbocycles. The van der Waals surface area contributed by atoms with Gasteiger partial charge in [0.15, 0.2) is 0 Å². The number of nitrogens with one attached hydrogen (secondary N) is 1. The molecule has 1 saturated heterocycles. The van der Waals surface area contributed by atoms with E-state index in [2.05, 4.69) is 51.1 Å². The maximum absolute atomic E-state index is 12.3. The zero-order chi connectivity index (χ0) is 24.1. The summed E-state index contributed by atoms with van der Waals surface area (Å²) in [4.78, 5) is 25.6. The van der Waals surface area contributed by atoms with Gasteiger partial charge in [-0.25, -0.2) is 9.78 Å². The molecule has 1 fully saturated rings. The Labute approximate surface area is 201 Å². The number of aromatic nitrogens is 3. The Balaban J connectivity index is 1.35. The van der Waals surface area contributed by atoms with Crippen molar-refractivity contribution in [3.05, 3.63) is 42.7 Å². The van der Waals surface area contributed by atoms with Crippen molar-refractivity contribution in [1.29, 1.82) is 0 Å². The summed E-state index contributed by atoms with van der Waals surface area (Å²) in [6.45, 7) is 11.7. The molecule has 0 saturated carbocycles. The SMILES string of the molecule is CCCCCn1ccc2cnc(Nc3ccc(N4CCN(C(=O)OC(C)(C)C)CC4)cc3)nc21. The Hall–Kier alpha value is -3.29. The highest BCUT2D eigenvalue weighted by molar-refractivity contribution is 5.77. The Kier molecular flexibility index (Phi) is 7.24. The highest BCUT2D eigenvalue weighted by Gasteiger charge is 2.25. The number of carbonyl (C=O) groups is 1. The van der Waals surface area contributed by atoms with Crippen LogP contribution >= 0.6 is 0 Å². The van der Waals surface area contributed by atoms with Gasteiger partial charge in [-0.15, -0.1) is 0 Å². The summed E-state index contributed by atoms with van der Waals surface area (Å²) >= 11 is 0. The summed E-state index contributed by atoms with van der Waals surface area (Å²) in [6, 6.07) is 10.4. The lowest BCUT2D eigenvalue weighted by Crippen LogP contribution is -2.50. The summed E-state index contributed by atoms with van der Waals surface area (Å²) in [6.07, 6.45) is 7.31. The highest BCUT2D eigenvalue weighted by Crippen LogP contribution is 2.23. The van der Waals surface area contributed by atoms with Crippen molar-refractivity contribution in [2.24, 2.45) is 0 Å². The fraction of sp³-hybridized carbons (Fsp3) is 0.500. The molecule has 4 rings (SSSR count). The third-order valence-electron chi connectivity index (χ3n) is 5.92. The number of rotatable bonds is 7. The molecular formula is C26H36N6O2. The second-order valence-electron chi connectivity index (χ2n) is 9.82. The van der Waals surface area contributed by atoms with Crippen molar-refractivity contribution >= 4 is 34.4 Å². The van der Waals surface area contributed by atoms with Gasteiger partial charge in [-0.1, -0.05) is 19.8 Å². The van der Waals surface area contributed by atoms with E-state index in [0.717, 1.165) is 48.5 Å². The molecule has 1 aliphatic rings. The van der Waals surface area contributed by atoms with Crippen molar-refractivity contribution < 1.29 is 9.53 Å². The van der Waals surface area contributed by atoms with Gasteiger partial charge in [-0.2, -0.15) is 4.98 Å². The number of hydrogen-bond acceptors (Lipinski definition) is 6. The molecule has 8 nitrogen and oxygen atoms in total. The fourth-order valence-corrected chi connectivity index (χ4v) is 4.10. The molecule has 0 radical (unpaired) electrons. The molecule has 182 valence electrons. The first-order chi connectivity index (χ1) is 16.3. The average Bonchev–Trinajstić information content (AvgIpc) is 3.21. The number of amides is 1. The van der Waals surface area contributed by atoms with Crippen molar-refractivity contribution in [3.8, 4) is 0 Å². The second kappa shape index (κ2) is 10.3. The smallest absolute Gasteiger partial charge is 0.410 e. The van der Waals surface area contributed by atoms with Crippen LogP contribution in [-0.4, -0.2) is 57.3 Å². The van der Waals surface area contributed by atoms with Crippen LogP contribution in [0.4, 0.5) is 22.1 Å². The average molecular weight is 465 g/mol. The molecule has 0 atom stereocenters. The Morgan fingerprint density at radius 2 is 1.79 bits per heavy atom. The lowest BCUT2D eigenvalue weighted by Gasteiger charge is -2.36. The molecule has 34 heavy (non-hydrogen) atoms. The number of carbonyl (C=O) groups excluding carboxylic acids is 1. The zero-order valence-corrected chi connectivity index (χ0v) is 20.8. The number of anilines is 3. The first kappa shape index (κ1) is 23.9. The van der Waals surface area contributed by atoms with Gasteiger partial charge in [0, 0.05) is 61.9 Å². The largest absolute Gasteiger partial charge is 0.444 e. The number of ether oxygens (including phenoxy) is 1. The van der Waals surface area contributed by atoms with E-state index in [1.807, 2.05) is 39.1 Å². The van der Waals surface area contributed by atoms with Crippen molar-refractivity contribution in [3.63, 3.8) is 0 Å². The molecule has 8 heteroatoms. The van der Waals surface area contributed by atoms with Crippen molar-refractivity contribution in [1.82, 2.24) is 19.4 Å². The predicted octanol–water partition coefficient (Wildman–Crippen LogP) is 5.42. The van der Waals surface area contributed by atoms with E-state index in [9.17, 15) is 4.79 Å². The molecule has 3 heterocycles.